The van der Waals surface area contributed by atoms with Crippen LogP contribution in [0.5, 0.6) is 0 Å². The Morgan fingerprint density at radius 2 is 1.87 bits per heavy atom. The van der Waals surface area contributed by atoms with Crippen molar-refractivity contribution in [2.45, 2.75) is 19.3 Å². The zero-order valence-electron chi connectivity index (χ0n) is 16.3. The summed E-state index contributed by atoms with van der Waals surface area (Å²) in [5.74, 6) is 5.72. The van der Waals surface area contributed by atoms with Crippen molar-refractivity contribution in [3.63, 3.8) is 0 Å². The number of nitro benzene ring substituents is 1. The summed E-state index contributed by atoms with van der Waals surface area (Å²) in [4.78, 5) is 35.8. The first kappa shape index (κ1) is 20.8. The number of nitrogens with zero attached hydrogens (tertiary/aromatic N) is 2. The molecule has 1 saturated heterocycles. The maximum atomic E-state index is 12.0. The van der Waals surface area contributed by atoms with Crippen molar-refractivity contribution in [1.82, 2.24) is 5.32 Å². The van der Waals surface area contributed by atoms with E-state index in [1.165, 1.54) is 18.2 Å². The lowest BCUT2D eigenvalue weighted by Crippen LogP contribution is -2.35. The number of benzene rings is 2. The number of piperidine rings is 1. The predicted octanol–water partition coefficient (Wildman–Crippen LogP) is 3.29. The van der Waals surface area contributed by atoms with E-state index in [4.69, 9.17) is 0 Å². The molecule has 2 aromatic carbocycles. The van der Waals surface area contributed by atoms with Gasteiger partial charge in [-0.3, -0.25) is 19.7 Å². The summed E-state index contributed by atoms with van der Waals surface area (Å²) in [6, 6.07) is 13.4. The molecule has 1 heterocycles. The molecule has 0 unspecified atom stereocenters. The largest absolute Gasteiger partial charge is 0.342 e. The van der Waals surface area contributed by atoms with Crippen LogP contribution in [0.3, 0.4) is 0 Å². The molecular weight excluding hydrogens is 382 g/mol. The Bertz CT molecular complexity index is 1020. The third kappa shape index (κ3) is 5.79. The summed E-state index contributed by atoms with van der Waals surface area (Å²) in [6.45, 7) is 0.944. The smallest absolute Gasteiger partial charge is 0.269 e. The van der Waals surface area contributed by atoms with Gasteiger partial charge in [0.15, 0.2) is 0 Å². The third-order valence-corrected chi connectivity index (χ3v) is 4.62. The number of carbonyl (C=O) groups excluding carboxylic acids is 2. The zero-order chi connectivity index (χ0) is 21.3. The molecule has 0 spiro atoms. The zero-order valence-corrected chi connectivity index (χ0v) is 16.3. The minimum atomic E-state index is -0.473. The van der Waals surface area contributed by atoms with E-state index in [1.807, 2.05) is 24.3 Å². The Balaban J connectivity index is 1.47. The molecule has 2 aromatic rings. The minimum Gasteiger partial charge on any atom is -0.342 e. The van der Waals surface area contributed by atoms with Crippen molar-refractivity contribution in [1.29, 1.82) is 0 Å². The highest BCUT2D eigenvalue weighted by Gasteiger charge is 2.19. The summed E-state index contributed by atoms with van der Waals surface area (Å²) in [5, 5.41) is 13.3. The fourth-order valence-corrected chi connectivity index (χ4v) is 3.02. The van der Waals surface area contributed by atoms with E-state index in [9.17, 15) is 19.7 Å². The SMILES string of the molecule is O=C(/C=C/c1ccc([N+](=O)[O-])cc1)NCC#Cc1ccc(N2CCCCC2=O)cc1. The maximum Gasteiger partial charge on any atom is 0.269 e. The van der Waals surface area contributed by atoms with Crippen LogP contribution in [0.2, 0.25) is 0 Å². The van der Waals surface area contributed by atoms with E-state index in [0.29, 0.717) is 12.0 Å². The van der Waals surface area contributed by atoms with Gasteiger partial charge in [-0.05, 0) is 60.9 Å². The Hall–Kier alpha value is -3.92. The molecule has 1 aliphatic heterocycles. The van der Waals surface area contributed by atoms with Crippen molar-refractivity contribution in [3.8, 4) is 11.8 Å². The summed E-state index contributed by atoms with van der Waals surface area (Å²) >= 11 is 0. The average molecular weight is 403 g/mol. The molecule has 7 heteroatoms. The molecule has 30 heavy (non-hydrogen) atoms. The lowest BCUT2D eigenvalue weighted by atomic mass is 10.1. The number of anilines is 1. The topological polar surface area (TPSA) is 92.5 Å². The Morgan fingerprint density at radius 3 is 2.53 bits per heavy atom. The van der Waals surface area contributed by atoms with Gasteiger partial charge in [0.1, 0.15) is 0 Å². The molecule has 0 aromatic heterocycles. The van der Waals surface area contributed by atoms with Crippen LogP contribution in [0, 0.1) is 22.0 Å². The summed E-state index contributed by atoms with van der Waals surface area (Å²) in [7, 11) is 0. The number of amides is 2. The highest BCUT2D eigenvalue weighted by molar-refractivity contribution is 5.94. The van der Waals surface area contributed by atoms with Crippen molar-refractivity contribution >= 4 is 29.3 Å². The Morgan fingerprint density at radius 1 is 1.13 bits per heavy atom. The molecule has 3 rings (SSSR count). The minimum absolute atomic E-state index is 0.00226. The fourth-order valence-electron chi connectivity index (χ4n) is 3.02. The summed E-state index contributed by atoms with van der Waals surface area (Å²) in [6.07, 6.45) is 5.50. The molecule has 1 N–H and O–H groups in total. The fraction of sp³-hybridized carbons (Fsp3) is 0.217. The molecule has 152 valence electrons. The lowest BCUT2D eigenvalue weighted by Gasteiger charge is -2.26. The predicted molar refractivity (Wildman–Crippen MR) is 115 cm³/mol. The van der Waals surface area contributed by atoms with Crippen LogP contribution in [0.4, 0.5) is 11.4 Å². The first-order valence-corrected chi connectivity index (χ1v) is 9.62. The van der Waals surface area contributed by atoms with Crippen molar-refractivity contribution in [2.75, 3.05) is 18.0 Å². The van der Waals surface area contributed by atoms with Gasteiger partial charge >= 0.3 is 0 Å². The second kappa shape index (κ2) is 10.0. The maximum absolute atomic E-state index is 12.0. The Kier molecular flexibility index (Phi) is 6.95. The molecule has 0 saturated carbocycles. The van der Waals surface area contributed by atoms with E-state index >= 15 is 0 Å². The molecule has 0 atom stereocenters. The van der Waals surface area contributed by atoms with Gasteiger partial charge in [0.05, 0.1) is 11.5 Å². The molecule has 0 bridgehead atoms. The van der Waals surface area contributed by atoms with Crippen LogP contribution < -0.4 is 10.2 Å². The van der Waals surface area contributed by atoms with Gasteiger partial charge in [-0.1, -0.05) is 11.8 Å². The van der Waals surface area contributed by atoms with Crippen LogP contribution in [0.15, 0.2) is 54.6 Å². The van der Waals surface area contributed by atoms with E-state index in [2.05, 4.69) is 17.2 Å². The summed E-state index contributed by atoms with van der Waals surface area (Å²) in [5.41, 5.74) is 2.38. The number of hydrogen-bond donors (Lipinski definition) is 1. The number of hydrogen-bond acceptors (Lipinski definition) is 4. The second-order valence-electron chi connectivity index (χ2n) is 6.75. The summed E-state index contributed by atoms with van der Waals surface area (Å²) < 4.78 is 0. The number of rotatable bonds is 5. The molecule has 0 radical (unpaired) electrons. The number of nitro groups is 1. The van der Waals surface area contributed by atoms with Crippen molar-refractivity contribution < 1.29 is 14.5 Å². The van der Waals surface area contributed by atoms with E-state index in [-0.39, 0.29) is 24.0 Å². The van der Waals surface area contributed by atoms with E-state index in [1.54, 1.807) is 23.1 Å². The van der Waals surface area contributed by atoms with E-state index < -0.39 is 4.92 Å². The third-order valence-electron chi connectivity index (χ3n) is 4.62. The Labute approximate surface area is 174 Å². The molecular formula is C23H21N3O4. The standard InChI is InChI=1S/C23H21N3O4/c27-22(15-10-19-8-13-21(14-9-19)26(29)30)24-16-3-4-18-6-11-20(12-7-18)25-17-2-1-5-23(25)28/h6-15H,1-2,5,16-17H2,(H,24,27)/b15-10+. The number of non-ortho nitro benzene ring substituents is 1. The monoisotopic (exact) mass is 403 g/mol. The van der Waals surface area contributed by atoms with Gasteiger partial charge in [0, 0.05) is 42.4 Å². The quantitative estimate of drug-likeness (QED) is 0.359. The molecule has 2 amide bonds. The molecule has 1 aliphatic rings. The normalized spacial score (nSPS) is 13.6. The first-order valence-electron chi connectivity index (χ1n) is 9.62. The molecule has 1 fully saturated rings. The van der Waals surface area contributed by atoms with Gasteiger partial charge in [0.25, 0.3) is 5.69 Å². The average Bonchev–Trinajstić information content (AvgIpc) is 2.76. The first-order chi connectivity index (χ1) is 14.5. The lowest BCUT2D eigenvalue weighted by molar-refractivity contribution is -0.384. The van der Waals surface area contributed by atoms with E-state index in [0.717, 1.165) is 30.6 Å². The van der Waals surface area contributed by atoms with Gasteiger partial charge in [-0.15, -0.1) is 0 Å². The highest BCUT2D eigenvalue weighted by atomic mass is 16.6. The van der Waals surface area contributed by atoms with Gasteiger partial charge in [-0.25, -0.2) is 0 Å². The highest BCUT2D eigenvalue weighted by Crippen LogP contribution is 2.21. The molecule has 0 aliphatic carbocycles. The van der Waals surface area contributed by atoms with Crippen LogP contribution in [0.1, 0.15) is 30.4 Å². The van der Waals surface area contributed by atoms with Crippen LogP contribution >= 0.6 is 0 Å². The van der Waals surface area contributed by atoms with Crippen molar-refractivity contribution in [3.05, 3.63) is 75.8 Å². The van der Waals surface area contributed by atoms with Crippen LogP contribution in [0.25, 0.3) is 6.08 Å². The molecule has 7 nitrogen and oxygen atoms in total. The van der Waals surface area contributed by atoms with Crippen LogP contribution in [-0.2, 0) is 9.59 Å². The van der Waals surface area contributed by atoms with Gasteiger partial charge in [-0.2, -0.15) is 0 Å². The van der Waals surface area contributed by atoms with Gasteiger partial charge in [0.2, 0.25) is 11.8 Å². The number of nitrogens with one attached hydrogen (secondary N) is 1. The van der Waals surface area contributed by atoms with Crippen molar-refractivity contribution in [2.24, 2.45) is 0 Å². The number of carbonyl (C=O) groups is 2. The second-order valence-corrected chi connectivity index (χ2v) is 6.75. The van der Waals surface area contributed by atoms with Crippen LogP contribution in [-0.4, -0.2) is 29.8 Å². The van der Waals surface area contributed by atoms with Gasteiger partial charge < -0.3 is 10.2 Å².